The number of aromatic amines is 2. The molecule has 0 unspecified atom stereocenters. The summed E-state index contributed by atoms with van der Waals surface area (Å²) in [6.07, 6.45) is 3.94. The maximum atomic E-state index is 13.1. The van der Waals surface area contributed by atoms with E-state index < -0.39 is 0 Å². The van der Waals surface area contributed by atoms with Crippen molar-refractivity contribution >= 4 is 16.8 Å². The summed E-state index contributed by atoms with van der Waals surface area (Å²) in [5.74, 6) is 0.335. The first-order valence-electron chi connectivity index (χ1n) is 9.75. The van der Waals surface area contributed by atoms with Gasteiger partial charge in [0.25, 0.3) is 5.91 Å². The normalized spacial score (nSPS) is 17.1. The minimum absolute atomic E-state index is 0.0710. The van der Waals surface area contributed by atoms with Gasteiger partial charge in [-0.05, 0) is 30.5 Å². The molecule has 1 saturated heterocycles. The highest BCUT2D eigenvalue weighted by Crippen LogP contribution is 2.33. The zero-order valence-electron chi connectivity index (χ0n) is 15.6. The largest absolute Gasteiger partial charge is 0.351 e. The number of carbonyl (C=O) groups is 1. The Morgan fingerprint density at radius 1 is 1.07 bits per heavy atom. The van der Waals surface area contributed by atoms with Crippen molar-refractivity contribution < 1.29 is 4.79 Å². The number of piperidine rings is 1. The van der Waals surface area contributed by atoms with Crippen molar-refractivity contribution in [3.05, 3.63) is 78.2 Å². The lowest BCUT2D eigenvalue weighted by molar-refractivity contribution is 0.0701. The Balaban J connectivity index is 1.40. The fourth-order valence-electron chi connectivity index (χ4n) is 4.21. The third-order valence-corrected chi connectivity index (χ3v) is 5.63. The topological polar surface area (TPSA) is 64.8 Å². The Labute approximate surface area is 163 Å². The molecule has 0 spiro atoms. The van der Waals surface area contributed by atoms with Gasteiger partial charge in [-0.2, -0.15) is 5.10 Å². The maximum absolute atomic E-state index is 13.1. The van der Waals surface area contributed by atoms with Crippen LogP contribution in [-0.4, -0.2) is 39.1 Å². The number of benzene rings is 2. The number of hydrogen-bond donors (Lipinski definition) is 2. The Hall–Kier alpha value is -3.34. The zero-order valence-corrected chi connectivity index (χ0v) is 15.6. The molecule has 0 radical (unpaired) electrons. The molecule has 5 nitrogen and oxygen atoms in total. The molecule has 0 saturated carbocycles. The molecule has 3 heterocycles. The van der Waals surface area contributed by atoms with Crippen LogP contribution in [0.15, 0.2) is 66.9 Å². The van der Waals surface area contributed by atoms with E-state index in [2.05, 4.69) is 27.3 Å². The highest BCUT2D eigenvalue weighted by molar-refractivity contribution is 5.98. The fraction of sp³-hybridized carbons (Fsp3) is 0.217. The number of carbonyl (C=O) groups excluding carboxylic acids is 1. The minimum atomic E-state index is 0.0710. The Morgan fingerprint density at radius 2 is 1.89 bits per heavy atom. The molecule has 2 aromatic carbocycles. The van der Waals surface area contributed by atoms with Crippen LogP contribution in [0.1, 0.15) is 34.9 Å². The van der Waals surface area contributed by atoms with E-state index in [1.165, 1.54) is 0 Å². The van der Waals surface area contributed by atoms with Crippen molar-refractivity contribution in [2.24, 2.45) is 0 Å². The Kier molecular flexibility index (Phi) is 4.20. The maximum Gasteiger partial charge on any atom is 0.270 e. The summed E-state index contributed by atoms with van der Waals surface area (Å²) in [5, 5.41) is 8.56. The molecule has 1 amide bonds. The van der Waals surface area contributed by atoms with Crippen molar-refractivity contribution in [3.8, 4) is 11.1 Å². The molecule has 2 aromatic heterocycles. The number of amides is 1. The predicted octanol–water partition coefficient (Wildman–Crippen LogP) is 4.58. The van der Waals surface area contributed by atoms with Crippen LogP contribution in [0.2, 0.25) is 0 Å². The van der Waals surface area contributed by atoms with Crippen molar-refractivity contribution in [1.29, 1.82) is 0 Å². The van der Waals surface area contributed by atoms with E-state index in [-0.39, 0.29) is 11.8 Å². The second kappa shape index (κ2) is 7.00. The minimum Gasteiger partial charge on any atom is -0.351 e. The van der Waals surface area contributed by atoms with Gasteiger partial charge in [0.05, 0.1) is 6.20 Å². The first-order valence-corrected chi connectivity index (χ1v) is 9.75. The monoisotopic (exact) mass is 370 g/mol. The predicted molar refractivity (Wildman–Crippen MR) is 110 cm³/mol. The van der Waals surface area contributed by atoms with Gasteiger partial charge in [0.15, 0.2) is 0 Å². The van der Waals surface area contributed by atoms with Crippen LogP contribution in [0.25, 0.3) is 22.0 Å². The van der Waals surface area contributed by atoms with E-state index in [1.807, 2.05) is 59.6 Å². The van der Waals surface area contributed by atoms with Gasteiger partial charge in [0.1, 0.15) is 5.69 Å². The second-order valence-electron chi connectivity index (χ2n) is 7.42. The number of H-pyrrole nitrogens is 2. The molecule has 4 aromatic rings. The fourth-order valence-corrected chi connectivity index (χ4v) is 4.21. The first kappa shape index (κ1) is 16.8. The van der Waals surface area contributed by atoms with Gasteiger partial charge in [-0.15, -0.1) is 0 Å². The highest BCUT2D eigenvalue weighted by Gasteiger charge is 2.28. The summed E-state index contributed by atoms with van der Waals surface area (Å²) in [4.78, 5) is 18.3. The lowest BCUT2D eigenvalue weighted by atomic mass is 9.90. The third kappa shape index (κ3) is 2.99. The van der Waals surface area contributed by atoms with Crippen molar-refractivity contribution in [1.82, 2.24) is 20.1 Å². The van der Waals surface area contributed by atoms with E-state index in [1.54, 1.807) is 0 Å². The van der Waals surface area contributed by atoms with Crippen LogP contribution < -0.4 is 0 Å². The third-order valence-electron chi connectivity index (χ3n) is 5.63. The summed E-state index contributed by atoms with van der Waals surface area (Å²) < 4.78 is 0. The van der Waals surface area contributed by atoms with Crippen LogP contribution in [0, 0.1) is 0 Å². The van der Waals surface area contributed by atoms with Gasteiger partial charge in [-0.3, -0.25) is 9.89 Å². The summed E-state index contributed by atoms with van der Waals surface area (Å²) in [5.41, 5.74) is 5.07. The van der Waals surface area contributed by atoms with E-state index in [4.69, 9.17) is 0 Å². The average molecular weight is 370 g/mol. The number of hydrogen-bond acceptors (Lipinski definition) is 2. The number of nitrogens with zero attached hydrogens (tertiary/aromatic N) is 2. The van der Waals surface area contributed by atoms with Crippen LogP contribution in [0.5, 0.6) is 0 Å². The molecule has 1 atom stereocenters. The molecular formula is C23H22N4O. The second-order valence-corrected chi connectivity index (χ2v) is 7.42. The molecule has 1 aliphatic heterocycles. The molecule has 1 fully saturated rings. The quantitative estimate of drug-likeness (QED) is 0.554. The van der Waals surface area contributed by atoms with Gasteiger partial charge in [-0.25, -0.2) is 0 Å². The molecule has 28 heavy (non-hydrogen) atoms. The van der Waals surface area contributed by atoms with Gasteiger partial charge >= 0.3 is 0 Å². The highest BCUT2D eigenvalue weighted by atomic mass is 16.2. The number of aromatic nitrogens is 3. The van der Waals surface area contributed by atoms with Gasteiger partial charge in [0.2, 0.25) is 0 Å². The van der Waals surface area contributed by atoms with Gasteiger partial charge in [-0.1, -0.05) is 48.5 Å². The van der Waals surface area contributed by atoms with Crippen LogP contribution >= 0.6 is 0 Å². The number of para-hydroxylation sites is 1. The van der Waals surface area contributed by atoms with E-state index in [0.29, 0.717) is 12.2 Å². The van der Waals surface area contributed by atoms with Crippen molar-refractivity contribution in [3.63, 3.8) is 0 Å². The number of nitrogens with one attached hydrogen (secondary N) is 2. The standard InChI is InChI=1S/C23H22N4O/c28-23(21-13-17-9-4-5-11-20(17)25-21)27-12-6-10-18(15-27)22-19(14-24-26-22)16-7-2-1-3-8-16/h1-5,7-9,11,13-14,18,25H,6,10,12,15H2,(H,24,26)/t18-/m0/s1. The number of likely N-dealkylation sites (tertiary alicyclic amines) is 1. The molecule has 0 bridgehead atoms. The lowest BCUT2D eigenvalue weighted by Crippen LogP contribution is -2.39. The van der Waals surface area contributed by atoms with Gasteiger partial charge in [0, 0.05) is 41.2 Å². The van der Waals surface area contributed by atoms with Crippen LogP contribution in [-0.2, 0) is 0 Å². The molecule has 5 rings (SSSR count). The molecule has 1 aliphatic rings. The number of fused-ring (bicyclic) bond motifs is 1. The summed E-state index contributed by atoms with van der Waals surface area (Å²) in [7, 11) is 0. The van der Waals surface area contributed by atoms with Crippen LogP contribution in [0.4, 0.5) is 0 Å². The average Bonchev–Trinajstić information content (AvgIpc) is 3.41. The lowest BCUT2D eigenvalue weighted by Gasteiger charge is -2.32. The van der Waals surface area contributed by atoms with E-state index >= 15 is 0 Å². The smallest absolute Gasteiger partial charge is 0.270 e. The number of rotatable bonds is 3. The molecular weight excluding hydrogens is 348 g/mol. The summed E-state index contributed by atoms with van der Waals surface area (Å²) in [6, 6.07) is 20.3. The van der Waals surface area contributed by atoms with Crippen LogP contribution in [0.3, 0.4) is 0 Å². The van der Waals surface area contributed by atoms with Gasteiger partial charge < -0.3 is 9.88 Å². The van der Waals surface area contributed by atoms with E-state index in [0.717, 1.165) is 47.1 Å². The Bertz CT molecular complexity index is 1080. The molecule has 2 N–H and O–H groups in total. The first-order chi connectivity index (χ1) is 13.8. The summed E-state index contributed by atoms with van der Waals surface area (Å²) >= 11 is 0. The zero-order chi connectivity index (χ0) is 18.9. The molecule has 140 valence electrons. The molecule has 5 heteroatoms. The summed E-state index contributed by atoms with van der Waals surface area (Å²) in [6.45, 7) is 1.50. The van der Waals surface area contributed by atoms with Crippen molar-refractivity contribution in [2.45, 2.75) is 18.8 Å². The van der Waals surface area contributed by atoms with E-state index in [9.17, 15) is 4.79 Å². The SMILES string of the molecule is O=C(c1cc2ccccc2[nH]1)N1CCC[C@H](c2[nH]ncc2-c2ccccc2)C1. The van der Waals surface area contributed by atoms with Crippen molar-refractivity contribution in [2.75, 3.05) is 13.1 Å². The molecule has 0 aliphatic carbocycles. The Morgan fingerprint density at radius 3 is 2.75 bits per heavy atom.